The molecule has 1 fully saturated rings. The van der Waals surface area contributed by atoms with E-state index in [0.717, 1.165) is 37.7 Å². The Balaban J connectivity index is 0.00000180. The van der Waals surface area contributed by atoms with Crippen LogP contribution in [0.25, 0.3) is 0 Å². The van der Waals surface area contributed by atoms with Crippen LogP contribution in [0.2, 0.25) is 0 Å². The van der Waals surface area contributed by atoms with Crippen molar-refractivity contribution in [1.29, 1.82) is 0 Å². The molecule has 0 radical (unpaired) electrons. The molecule has 5 heteroatoms. The lowest BCUT2D eigenvalue weighted by molar-refractivity contribution is 0.277. The van der Waals surface area contributed by atoms with E-state index in [9.17, 15) is 0 Å². The molecule has 0 bridgehead atoms. The van der Waals surface area contributed by atoms with Crippen molar-refractivity contribution in [3.8, 4) is 0 Å². The minimum Gasteiger partial charge on any atom is -0.370 e. The third-order valence-electron chi connectivity index (χ3n) is 3.48. The van der Waals surface area contributed by atoms with E-state index in [0.29, 0.717) is 5.96 Å². The Hall–Kier alpha value is -0.850. The second-order valence-corrected chi connectivity index (χ2v) is 4.98. The van der Waals surface area contributed by atoms with E-state index < -0.39 is 0 Å². The van der Waals surface area contributed by atoms with E-state index in [1.165, 1.54) is 12.8 Å². The summed E-state index contributed by atoms with van der Waals surface area (Å²) in [7, 11) is 0. The van der Waals surface area contributed by atoms with Gasteiger partial charge >= 0.3 is 0 Å². The summed E-state index contributed by atoms with van der Waals surface area (Å²) < 4.78 is 0. The highest BCUT2D eigenvalue weighted by atomic mass is 127. The third kappa shape index (κ3) is 5.34. The number of aromatic nitrogens is 1. The van der Waals surface area contributed by atoms with E-state index in [2.05, 4.69) is 21.8 Å². The highest BCUT2D eigenvalue weighted by Crippen LogP contribution is 2.15. The molecule has 1 aliphatic heterocycles. The molecule has 4 nitrogen and oxygen atoms in total. The van der Waals surface area contributed by atoms with Gasteiger partial charge in [-0.3, -0.25) is 9.98 Å². The quantitative estimate of drug-likeness (QED) is 0.502. The molecule has 0 amide bonds. The van der Waals surface area contributed by atoms with Gasteiger partial charge in [-0.05, 0) is 30.9 Å². The molecule has 0 saturated carbocycles. The normalized spacial score (nSPS) is 17.1. The highest BCUT2D eigenvalue weighted by molar-refractivity contribution is 14.0. The lowest BCUT2D eigenvalue weighted by Gasteiger charge is -2.31. The zero-order valence-electron chi connectivity index (χ0n) is 11.5. The van der Waals surface area contributed by atoms with Crippen LogP contribution in [-0.4, -0.2) is 35.5 Å². The Morgan fingerprint density at radius 2 is 2.16 bits per heavy atom. The van der Waals surface area contributed by atoms with Crippen molar-refractivity contribution in [3.63, 3.8) is 0 Å². The molecule has 1 aromatic rings. The van der Waals surface area contributed by atoms with Gasteiger partial charge in [0.15, 0.2) is 5.96 Å². The van der Waals surface area contributed by atoms with Crippen LogP contribution < -0.4 is 5.73 Å². The van der Waals surface area contributed by atoms with E-state index in [1.807, 2.05) is 24.4 Å². The van der Waals surface area contributed by atoms with Crippen LogP contribution in [0.15, 0.2) is 29.4 Å². The molecule has 1 aromatic heterocycles. The average molecular weight is 374 g/mol. The molecular formula is C14H23IN4. The van der Waals surface area contributed by atoms with Crippen molar-refractivity contribution in [2.75, 3.05) is 19.6 Å². The summed E-state index contributed by atoms with van der Waals surface area (Å²) in [6.45, 7) is 5.10. The van der Waals surface area contributed by atoms with Gasteiger partial charge in [-0.15, -0.1) is 24.0 Å². The number of hydrogen-bond donors (Lipinski definition) is 1. The van der Waals surface area contributed by atoms with Gasteiger partial charge in [-0.1, -0.05) is 13.0 Å². The minimum absolute atomic E-state index is 0. The number of halogens is 1. The maximum Gasteiger partial charge on any atom is 0.191 e. The number of pyridine rings is 1. The van der Waals surface area contributed by atoms with Crippen LogP contribution in [0.1, 0.15) is 25.5 Å². The zero-order chi connectivity index (χ0) is 12.8. The Morgan fingerprint density at radius 1 is 1.42 bits per heavy atom. The molecular weight excluding hydrogens is 351 g/mol. The van der Waals surface area contributed by atoms with Gasteiger partial charge in [0.1, 0.15) is 0 Å². The number of nitrogens with two attached hydrogens (primary N) is 1. The molecule has 0 aliphatic carbocycles. The first-order valence-electron chi connectivity index (χ1n) is 6.70. The lowest BCUT2D eigenvalue weighted by Crippen LogP contribution is -2.42. The molecule has 0 atom stereocenters. The van der Waals surface area contributed by atoms with E-state index in [1.54, 1.807) is 0 Å². The summed E-state index contributed by atoms with van der Waals surface area (Å²) in [4.78, 5) is 10.9. The molecule has 2 N–H and O–H groups in total. The highest BCUT2D eigenvalue weighted by Gasteiger charge is 2.16. The van der Waals surface area contributed by atoms with Gasteiger partial charge < -0.3 is 10.6 Å². The Bertz CT molecular complexity index is 386. The minimum atomic E-state index is 0. The number of nitrogens with zero attached hydrogens (tertiary/aromatic N) is 3. The number of rotatable bonds is 3. The summed E-state index contributed by atoms with van der Waals surface area (Å²) in [5.41, 5.74) is 7.08. The standard InChI is InChI=1S/C14H22N4.HI/c1-12-6-10-18(11-7-12)14(15)17-9-5-13-4-2-3-8-16-13;/h2-4,8,12H,5-7,9-11H2,1H3,(H2,15,17);1H. The number of aliphatic imine (C=N–C) groups is 1. The number of piperidine rings is 1. The summed E-state index contributed by atoms with van der Waals surface area (Å²) >= 11 is 0. The fraction of sp³-hybridized carbons (Fsp3) is 0.571. The summed E-state index contributed by atoms with van der Waals surface area (Å²) in [5, 5.41) is 0. The van der Waals surface area contributed by atoms with Crippen LogP contribution in [0.4, 0.5) is 0 Å². The molecule has 0 aromatic carbocycles. The molecule has 1 saturated heterocycles. The van der Waals surface area contributed by atoms with Crippen molar-refractivity contribution in [2.45, 2.75) is 26.2 Å². The van der Waals surface area contributed by atoms with Gasteiger partial charge in [-0.25, -0.2) is 0 Å². The van der Waals surface area contributed by atoms with Crippen LogP contribution in [-0.2, 0) is 6.42 Å². The summed E-state index contributed by atoms with van der Waals surface area (Å²) in [6, 6.07) is 5.95. The predicted octanol–water partition coefficient (Wildman–Crippen LogP) is 2.29. The second kappa shape index (κ2) is 8.35. The van der Waals surface area contributed by atoms with E-state index >= 15 is 0 Å². The first kappa shape index (κ1) is 16.2. The summed E-state index contributed by atoms with van der Waals surface area (Å²) in [5.74, 6) is 1.51. The molecule has 1 aliphatic rings. The van der Waals surface area contributed by atoms with Crippen molar-refractivity contribution in [1.82, 2.24) is 9.88 Å². The molecule has 19 heavy (non-hydrogen) atoms. The number of likely N-dealkylation sites (tertiary alicyclic amines) is 1. The molecule has 2 rings (SSSR count). The van der Waals surface area contributed by atoms with Gasteiger partial charge in [0, 0.05) is 37.9 Å². The van der Waals surface area contributed by atoms with Crippen molar-refractivity contribution in [3.05, 3.63) is 30.1 Å². The van der Waals surface area contributed by atoms with Crippen LogP contribution in [0.5, 0.6) is 0 Å². The fourth-order valence-corrected chi connectivity index (χ4v) is 2.17. The third-order valence-corrected chi connectivity index (χ3v) is 3.48. The van der Waals surface area contributed by atoms with Gasteiger partial charge in [0.2, 0.25) is 0 Å². The second-order valence-electron chi connectivity index (χ2n) is 4.98. The SMILES string of the molecule is CC1CCN(C(N)=NCCc2ccccn2)CC1.I. The zero-order valence-corrected chi connectivity index (χ0v) is 13.8. The maximum atomic E-state index is 6.01. The topological polar surface area (TPSA) is 54.5 Å². The fourth-order valence-electron chi connectivity index (χ4n) is 2.17. The van der Waals surface area contributed by atoms with Crippen molar-refractivity contribution in [2.24, 2.45) is 16.6 Å². The molecule has 0 unspecified atom stereocenters. The smallest absolute Gasteiger partial charge is 0.191 e. The first-order chi connectivity index (χ1) is 8.75. The predicted molar refractivity (Wildman–Crippen MR) is 89.8 cm³/mol. The number of hydrogen-bond acceptors (Lipinski definition) is 2. The van der Waals surface area contributed by atoms with Crippen LogP contribution >= 0.6 is 24.0 Å². The van der Waals surface area contributed by atoms with Crippen molar-refractivity contribution >= 4 is 29.9 Å². The Morgan fingerprint density at radius 3 is 2.79 bits per heavy atom. The number of guanidine groups is 1. The lowest BCUT2D eigenvalue weighted by atomic mass is 10.00. The summed E-state index contributed by atoms with van der Waals surface area (Å²) in [6.07, 6.45) is 5.10. The average Bonchev–Trinajstić information content (AvgIpc) is 2.40. The van der Waals surface area contributed by atoms with E-state index in [4.69, 9.17) is 5.73 Å². The van der Waals surface area contributed by atoms with Gasteiger partial charge in [0.05, 0.1) is 0 Å². The molecule has 106 valence electrons. The molecule has 0 spiro atoms. The Labute approximate surface area is 132 Å². The van der Waals surface area contributed by atoms with Gasteiger partial charge in [0.25, 0.3) is 0 Å². The monoisotopic (exact) mass is 374 g/mol. The van der Waals surface area contributed by atoms with Gasteiger partial charge in [-0.2, -0.15) is 0 Å². The van der Waals surface area contributed by atoms with Crippen molar-refractivity contribution < 1.29 is 0 Å². The maximum absolute atomic E-state index is 6.01. The largest absolute Gasteiger partial charge is 0.370 e. The Kier molecular flexibility index (Phi) is 7.12. The van der Waals surface area contributed by atoms with E-state index in [-0.39, 0.29) is 24.0 Å². The first-order valence-corrected chi connectivity index (χ1v) is 6.70. The van der Waals surface area contributed by atoms with Crippen LogP contribution in [0, 0.1) is 5.92 Å². The van der Waals surface area contributed by atoms with Crippen LogP contribution in [0.3, 0.4) is 0 Å². The molecule has 2 heterocycles.